The molecule has 1 fully saturated rings. The number of likely N-dealkylation sites (tertiary alicyclic amines) is 1. The van der Waals surface area contributed by atoms with Gasteiger partial charge in [0.2, 0.25) is 0 Å². The van der Waals surface area contributed by atoms with Gasteiger partial charge >= 0.3 is 5.97 Å². The monoisotopic (exact) mass is 275 g/mol. The van der Waals surface area contributed by atoms with Crippen LogP contribution in [0.3, 0.4) is 0 Å². The van der Waals surface area contributed by atoms with Crippen molar-refractivity contribution in [1.29, 1.82) is 0 Å². The molecule has 1 aliphatic heterocycles. The van der Waals surface area contributed by atoms with Gasteiger partial charge < -0.3 is 10.0 Å². The summed E-state index contributed by atoms with van der Waals surface area (Å²) < 4.78 is 0. The number of nitrogens with zero attached hydrogens (tertiary/aromatic N) is 1. The maximum atomic E-state index is 12.3. The molecule has 1 N–H and O–H groups in total. The second-order valence-corrected chi connectivity index (χ2v) is 5.49. The van der Waals surface area contributed by atoms with Gasteiger partial charge in [0, 0.05) is 18.7 Å². The molecule has 0 atom stereocenters. The van der Waals surface area contributed by atoms with Crippen molar-refractivity contribution in [3.63, 3.8) is 0 Å². The molecule has 0 unspecified atom stereocenters. The minimum Gasteiger partial charge on any atom is -0.481 e. The summed E-state index contributed by atoms with van der Waals surface area (Å²) in [5.74, 6) is -0.716. The number of carbonyl (C=O) groups is 2. The van der Waals surface area contributed by atoms with Crippen molar-refractivity contribution in [3.05, 3.63) is 35.9 Å². The standard InChI is InChI=1S/C16H21NO3/c1-2-8-16(15(19)20)9-11-17(12-10-16)14(18)13-6-4-3-5-7-13/h3-7H,2,8-12H2,1H3,(H,19,20). The van der Waals surface area contributed by atoms with E-state index in [9.17, 15) is 14.7 Å². The van der Waals surface area contributed by atoms with Gasteiger partial charge in [0.15, 0.2) is 0 Å². The molecule has 1 aliphatic rings. The Bertz CT molecular complexity index is 476. The van der Waals surface area contributed by atoms with Gasteiger partial charge in [-0.05, 0) is 31.4 Å². The van der Waals surface area contributed by atoms with Gasteiger partial charge in [-0.25, -0.2) is 0 Å². The molecule has 20 heavy (non-hydrogen) atoms. The predicted octanol–water partition coefficient (Wildman–Crippen LogP) is 2.79. The van der Waals surface area contributed by atoms with Crippen LogP contribution in [0.15, 0.2) is 30.3 Å². The highest BCUT2D eigenvalue weighted by atomic mass is 16.4. The Morgan fingerprint density at radius 2 is 1.80 bits per heavy atom. The van der Waals surface area contributed by atoms with Crippen LogP contribution in [-0.4, -0.2) is 35.0 Å². The third-order valence-corrected chi connectivity index (χ3v) is 4.21. The van der Waals surface area contributed by atoms with Crippen LogP contribution in [0.2, 0.25) is 0 Å². The van der Waals surface area contributed by atoms with Gasteiger partial charge in [-0.1, -0.05) is 31.5 Å². The highest BCUT2D eigenvalue weighted by molar-refractivity contribution is 5.94. The lowest BCUT2D eigenvalue weighted by Crippen LogP contribution is -2.46. The third kappa shape index (κ3) is 2.84. The van der Waals surface area contributed by atoms with Gasteiger partial charge in [-0.15, -0.1) is 0 Å². The van der Waals surface area contributed by atoms with Crippen molar-refractivity contribution < 1.29 is 14.7 Å². The summed E-state index contributed by atoms with van der Waals surface area (Å²) in [5.41, 5.74) is 0.0354. The summed E-state index contributed by atoms with van der Waals surface area (Å²) in [6, 6.07) is 9.16. The first-order chi connectivity index (χ1) is 9.59. The Balaban J connectivity index is 2.04. The van der Waals surface area contributed by atoms with Crippen LogP contribution in [0.1, 0.15) is 43.0 Å². The average molecular weight is 275 g/mol. The first-order valence-corrected chi connectivity index (χ1v) is 7.17. The molecule has 0 aromatic heterocycles. The SMILES string of the molecule is CCCC1(C(=O)O)CCN(C(=O)c2ccccc2)CC1. The lowest BCUT2D eigenvalue weighted by atomic mass is 9.75. The number of aliphatic carboxylic acids is 1. The van der Waals surface area contributed by atoms with Crippen LogP contribution >= 0.6 is 0 Å². The fraction of sp³-hybridized carbons (Fsp3) is 0.500. The number of benzene rings is 1. The van der Waals surface area contributed by atoms with Crippen molar-refractivity contribution in [2.75, 3.05) is 13.1 Å². The van der Waals surface area contributed by atoms with E-state index in [1.54, 1.807) is 17.0 Å². The predicted molar refractivity (Wildman–Crippen MR) is 76.6 cm³/mol. The first kappa shape index (κ1) is 14.6. The van der Waals surface area contributed by atoms with E-state index in [-0.39, 0.29) is 5.91 Å². The number of amides is 1. The van der Waals surface area contributed by atoms with Gasteiger partial charge in [0.25, 0.3) is 5.91 Å². The maximum absolute atomic E-state index is 12.3. The Labute approximate surface area is 119 Å². The molecule has 4 heteroatoms. The molecular formula is C16H21NO3. The van der Waals surface area contributed by atoms with Crippen molar-refractivity contribution in [3.8, 4) is 0 Å². The van der Waals surface area contributed by atoms with E-state index in [0.29, 0.717) is 37.9 Å². The molecule has 4 nitrogen and oxygen atoms in total. The molecule has 1 saturated heterocycles. The number of carbonyl (C=O) groups excluding carboxylic acids is 1. The molecule has 1 amide bonds. The Morgan fingerprint density at radius 3 is 2.30 bits per heavy atom. The molecule has 1 heterocycles. The zero-order chi connectivity index (χ0) is 14.6. The highest BCUT2D eigenvalue weighted by Gasteiger charge is 2.41. The molecule has 0 aliphatic carbocycles. The molecular weight excluding hydrogens is 254 g/mol. The molecule has 0 spiro atoms. The number of hydrogen-bond donors (Lipinski definition) is 1. The Hall–Kier alpha value is -1.84. The van der Waals surface area contributed by atoms with E-state index >= 15 is 0 Å². The largest absolute Gasteiger partial charge is 0.481 e. The van der Waals surface area contributed by atoms with Crippen molar-refractivity contribution in [2.45, 2.75) is 32.6 Å². The molecule has 108 valence electrons. The first-order valence-electron chi connectivity index (χ1n) is 7.17. The number of piperidine rings is 1. The van der Waals surface area contributed by atoms with Crippen LogP contribution in [-0.2, 0) is 4.79 Å². The number of carboxylic acid groups (broad SMARTS) is 1. The number of carboxylic acids is 1. The van der Waals surface area contributed by atoms with E-state index in [4.69, 9.17) is 0 Å². The summed E-state index contributed by atoms with van der Waals surface area (Å²) in [7, 11) is 0. The summed E-state index contributed by atoms with van der Waals surface area (Å²) in [4.78, 5) is 25.6. The summed E-state index contributed by atoms with van der Waals surface area (Å²) in [6.45, 7) is 3.06. The topological polar surface area (TPSA) is 57.6 Å². The summed E-state index contributed by atoms with van der Waals surface area (Å²) >= 11 is 0. The van der Waals surface area contributed by atoms with Crippen molar-refractivity contribution in [1.82, 2.24) is 4.90 Å². The average Bonchev–Trinajstić information content (AvgIpc) is 2.48. The van der Waals surface area contributed by atoms with Crippen LogP contribution < -0.4 is 0 Å². The van der Waals surface area contributed by atoms with E-state index in [2.05, 4.69) is 0 Å². The fourth-order valence-electron chi connectivity index (χ4n) is 2.95. The van der Waals surface area contributed by atoms with E-state index in [0.717, 1.165) is 6.42 Å². The van der Waals surface area contributed by atoms with Gasteiger partial charge in [-0.2, -0.15) is 0 Å². The molecule has 0 radical (unpaired) electrons. The molecule has 0 bridgehead atoms. The Kier molecular flexibility index (Phi) is 4.42. The van der Waals surface area contributed by atoms with E-state index in [1.165, 1.54) is 0 Å². The molecule has 0 saturated carbocycles. The second kappa shape index (κ2) is 6.07. The molecule has 2 rings (SSSR count). The lowest BCUT2D eigenvalue weighted by molar-refractivity contribution is -0.152. The smallest absolute Gasteiger partial charge is 0.309 e. The van der Waals surface area contributed by atoms with E-state index < -0.39 is 11.4 Å². The summed E-state index contributed by atoms with van der Waals surface area (Å²) in [6.07, 6.45) is 2.65. The Morgan fingerprint density at radius 1 is 1.20 bits per heavy atom. The van der Waals surface area contributed by atoms with Crippen LogP contribution in [0.5, 0.6) is 0 Å². The van der Waals surface area contributed by atoms with Gasteiger partial charge in [-0.3, -0.25) is 9.59 Å². The van der Waals surface area contributed by atoms with Crippen LogP contribution in [0.4, 0.5) is 0 Å². The maximum Gasteiger partial charge on any atom is 0.309 e. The fourth-order valence-corrected chi connectivity index (χ4v) is 2.95. The number of rotatable bonds is 4. The zero-order valence-corrected chi connectivity index (χ0v) is 11.8. The molecule has 1 aromatic rings. The quantitative estimate of drug-likeness (QED) is 0.919. The van der Waals surface area contributed by atoms with Crippen molar-refractivity contribution in [2.24, 2.45) is 5.41 Å². The van der Waals surface area contributed by atoms with Gasteiger partial charge in [0.1, 0.15) is 0 Å². The summed E-state index contributed by atoms with van der Waals surface area (Å²) in [5, 5.41) is 9.46. The third-order valence-electron chi connectivity index (χ3n) is 4.21. The van der Waals surface area contributed by atoms with Gasteiger partial charge in [0.05, 0.1) is 5.41 Å². The lowest BCUT2D eigenvalue weighted by Gasteiger charge is -2.38. The highest BCUT2D eigenvalue weighted by Crippen LogP contribution is 2.36. The van der Waals surface area contributed by atoms with E-state index in [1.807, 2.05) is 25.1 Å². The zero-order valence-electron chi connectivity index (χ0n) is 11.8. The number of hydrogen-bond acceptors (Lipinski definition) is 2. The minimum absolute atomic E-state index is 0.00101. The second-order valence-electron chi connectivity index (χ2n) is 5.49. The van der Waals surface area contributed by atoms with Crippen LogP contribution in [0, 0.1) is 5.41 Å². The minimum atomic E-state index is -0.717. The van der Waals surface area contributed by atoms with Crippen molar-refractivity contribution >= 4 is 11.9 Å². The van der Waals surface area contributed by atoms with Crippen LogP contribution in [0.25, 0.3) is 0 Å². The normalized spacial score (nSPS) is 17.8. The molecule has 1 aromatic carbocycles.